The van der Waals surface area contributed by atoms with E-state index in [0.717, 1.165) is 35.5 Å². The molecule has 0 spiro atoms. The van der Waals surface area contributed by atoms with E-state index >= 15 is 0 Å². The smallest absolute Gasteiger partial charge is 0.251 e. The molecule has 0 saturated carbocycles. The second-order valence-corrected chi connectivity index (χ2v) is 8.05. The monoisotopic (exact) mass is 424 g/mol. The number of carbonyl (C=O) groups is 2. The second kappa shape index (κ2) is 10.3. The molecule has 3 rings (SSSR count). The van der Waals surface area contributed by atoms with E-state index in [-0.39, 0.29) is 23.8 Å². The van der Waals surface area contributed by atoms with Crippen LogP contribution in [0.3, 0.4) is 0 Å². The Bertz CT molecular complexity index is 913. The van der Waals surface area contributed by atoms with Gasteiger partial charge in [-0.2, -0.15) is 0 Å². The zero-order valence-corrected chi connectivity index (χ0v) is 18.7. The second-order valence-electron chi connectivity index (χ2n) is 8.05. The van der Waals surface area contributed by atoms with Crippen LogP contribution >= 0.6 is 0 Å². The first-order chi connectivity index (χ1) is 14.9. The van der Waals surface area contributed by atoms with E-state index in [9.17, 15) is 9.59 Å². The van der Waals surface area contributed by atoms with E-state index in [1.54, 1.807) is 24.3 Å². The minimum absolute atomic E-state index is 0.0109. The van der Waals surface area contributed by atoms with Crippen molar-refractivity contribution in [1.82, 2.24) is 10.6 Å². The summed E-state index contributed by atoms with van der Waals surface area (Å²) in [6.07, 6.45) is 1.75. The predicted octanol–water partition coefficient (Wildman–Crippen LogP) is 3.87. The molecule has 0 aliphatic carbocycles. The minimum atomic E-state index is -0.626. The van der Waals surface area contributed by atoms with Crippen LogP contribution in [0.25, 0.3) is 0 Å². The zero-order chi connectivity index (χ0) is 22.4. The number of nitrogens with one attached hydrogen (secondary N) is 2. The first kappa shape index (κ1) is 22.7. The molecule has 0 aromatic heterocycles. The summed E-state index contributed by atoms with van der Waals surface area (Å²) in [7, 11) is 0. The van der Waals surface area contributed by atoms with Gasteiger partial charge in [0.25, 0.3) is 5.91 Å². The SMILES string of the molecule is CCOc1cc2c(cc1CNC(=O)[C@@H](NC(=O)c1ccccc1)[C@@H](C)CC)O[C@@H](C)C2. The Morgan fingerprint density at radius 1 is 1.19 bits per heavy atom. The average molecular weight is 425 g/mol. The number of fused-ring (bicyclic) bond motifs is 1. The summed E-state index contributed by atoms with van der Waals surface area (Å²) in [5, 5.41) is 5.88. The molecule has 3 atom stereocenters. The van der Waals surface area contributed by atoms with Gasteiger partial charge in [-0.15, -0.1) is 0 Å². The molecule has 166 valence electrons. The van der Waals surface area contributed by atoms with E-state index in [0.29, 0.717) is 18.7 Å². The van der Waals surface area contributed by atoms with E-state index in [4.69, 9.17) is 9.47 Å². The molecule has 6 nitrogen and oxygen atoms in total. The number of amides is 2. The lowest BCUT2D eigenvalue weighted by molar-refractivity contribution is -0.124. The molecule has 2 amide bonds. The first-order valence-corrected chi connectivity index (χ1v) is 11.0. The fourth-order valence-corrected chi connectivity index (χ4v) is 3.72. The van der Waals surface area contributed by atoms with Crippen molar-refractivity contribution in [2.45, 2.75) is 59.2 Å². The molecule has 2 aromatic rings. The number of carbonyl (C=O) groups excluding carboxylic acids is 2. The van der Waals surface area contributed by atoms with Gasteiger partial charge in [0.2, 0.25) is 5.91 Å². The topological polar surface area (TPSA) is 76.7 Å². The maximum atomic E-state index is 13.0. The van der Waals surface area contributed by atoms with Crippen molar-refractivity contribution >= 4 is 11.8 Å². The summed E-state index contributed by atoms with van der Waals surface area (Å²) in [5.41, 5.74) is 2.52. The molecule has 0 bridgehead atoms. The van der Waals surface area contributed by atoms with Crippen molar-refractivity contribution in [2.75, 3.05) is 6.61 Å². The minimum Gasteiger partial charge on any atom is -0.494 e. The Balaban J connectivity index is 1.72. The highest BCUT2D eigenvalue weighted by atomic mass is 16.5. The molecule has 0 saturated heterocycles. The van der Waals surface area contributed by atoms with Crippen LogP contribution in [0.15, 0.2) is 42.5 Å². The highest BCUT2D eigenvalue weighted by molar-refractivity contribution is 5.97. The predicted molar refractivity (Wildman–Crippen MR) is 120 cm³/mol. The van der Waals surface area contributed by atoms with Crippen molar-refractivity contribution < 1.29 is 19.1 Å². The zero-order valence-electron chi connectivity index (χ0n) is 18.7. The summed E-state index contributed by atoms with van der Waals surface area (Å²) < 4.78 is 11.7. The molecular weight excluding hydrogens is 392 g/mol. The fraction of sp³-hybridized carbons (Fsp3) is 0.440. The Hall–Kier alpha value is -3.02. The summed E-state index contributed by atoms with van der Waals surface area (Å²) in [4.78, 5) is 25.7. The van der Waals surface area contributed by atoms with Crippen molar-refractivity contribution in [2.24, 2.45) is 5.92 Å². The van der Waals surface area contributed by atoms with Gasteiger partial charge in [-0.3, -0.25) is 9.59 Å². The summed E-state index contributed by atoms with van der Waals surface area (Å²) in [6, 6.07) is 12.3. The molecule has 2 aromatic carbocycles. The molecule has 1 aliphatic rings. The van der Waals surface area contributed by atoms with Crippen molar-refractivity contribution in [3.8, 4) is 11.5 Å². The van der Waals surface area contributed by atoms with Crippen LogP contribution in [0.5, 0.6) is 11.5 Å². The molecule has 2 N–H and O–H groups in total. The number of ether oxygens (including phenoxy) is 2. The maximum absolute atomic E-state index is 13.0. The van der Waals surface area contributed by atoms with Crippen LogP contribution < -0.4 is 20.1 Å². The van der Waals surface area contributed by atoms with E-state index in [2.05, 4.69) is 10.6 Å². The largest absolute Gasteiger partial charge is 0.494 e. The lowest BCUT2D eigenvalue weighted by Gasteiger charge is -2.24. The molecule has 0 radical (unpaired) electrons. The lowest BCUT2D eigenvalue weighted by atomic mass is 9.97. The number of hydrogen-bond acceptors (Lipinski definition) is 4. The van der Waals surface area contributed by atoms with Gasteiger partial charge in [0.15, 0.2) is 0 Å². The van der Waals surface area contributed by atoms with Crippen LogP contribution in [-0.2, 0) is 17.8 Å². The Morgan fingerprint density at radius 2 is 1.94 bits per heavy atom. The molecular formula is C25H32N2O4. The highest BCUT2D eigenvalue weighted by Crippen LogP contribution is 2.35. The highest BCUT2D eigenvalue weighted by Gasteiger charge is 2.27. The summed E-state index contributed by atoms with van der Waals surface area (Å²) in [5.74, 6) is 1.12. The molecule has 31 heavy (non-hydrogen) atoms. The van der Waals surface area contributed by atoms with Gasteiger partial charge >= 0.3 is 0 Å². The van der Waals surface area contributed by atoms with Gasteiger partial charge in [0.05, 0.1) is 6.61 Å². The van der Waals surface area contributed by atoms with Crippen LogP contribution in [0, 0.1) is 5.92 Å². The standard InChI is InChI=1S/C25H32N2O4/c1-5-16(3)23(27-24(28)18-10-8-7-9-11-18)25(29)26-15-20-14-22-19(12-17(4)31-22)13-21(20)30-6-2/h7-11,13-14,16-17,23H,5-6,12,15H2,1-4H3,(H,26,29)(H,27,28)/t16-,17-,23-/m0/s1. The van der Waals surface area contributed by atoms with Gasteiger partial charge in [-0.05, 0) is 44.0 Å². The van der Waals surface area contributed by atoms with Crippen LogP contribution in [0.2, 0.25) is 0 Å². The van der Waals surface area contributed by atoms with Crippen molar-refractivity contribution in [3.63, 3.8) is 0 Å². The summed E-state index contributed by atoms with van der Waals surface area (Å²) in [6.45, 7) is 8.78. The third kappa shape index (κ3) is 5.57. The van der Waals surface area contributed by atoms with Crippen molar-refractivity contribution in [3.05, 3.63) is 59.2 Å². The quantitative estimate of drug-likeness (QED) is 0.641. The van der Waals surface area contributed by atoms with Gasteiger partial charge in [-0.1, -0.05) is 38.5 Å². The number of rotatable bonds is 9. The van der Waals surface area contributed by atoms with Gasteiger partial charge in [-0.25, -0.2) is 0 Å². The number of hydrogen-bond donors (Lipinski definition) is 2. The van der Waals surface area contributed by atoms with Crippen LogP contribution in [0.4, 0.5) is 0 Å². The molecule has 1 aliphatic heterocycles. The first-order valence-electron chi connectivity index (χ1n) is 11.0. The Kier molecular flexibility index (Phi) is 7.55. The van der Waals surface area contributed by atoms with Gasteiger partial charge < -0.3 is 20.1 Å². The lowest BCUT2D eigenvalue weighted by Crippen LogP contribution is -2.50. The van der Waals surface area contributed by atoms with E-state index < -0.39 is 6.04 Å². The Labute approximate surface area is 184 Å². The average Bonchev–Trinajstić information content (AvgIpc) is 3.14. The fourth-order valence-electron chi connectivity index (χ4n) is 3.72. The molecule has 0 fully saturated rings. The Morgan fingerprint density at radius 3 is 2.61 bits per heavy atom. The van der Waals surface area contributed by atoms with E-state index in [1.807, 2.05) is 45.9 Å². The third-order valence-corrected chi connectivity index (χ3v) is 5.65. The van der Waals surface area contributed by atoms with Crippen LogP contribution in [-0.4, -0.2) is 30.6 Å². The van der Waals surface area contributed by atoms with Crippen molar-refractivity contribution in [1.29, 1.82) is 0 Å². The summed E-state index contributed by atoms with van der Waals surface area (Å²) >= 11 is 0. The maximum Gasteiger partial charge on any atom is 0.251 e. The normalized spacial score (nSPS) is 16.6. The van der Waals surface area contributed by atoms with Gasteiger partial charge in [0, 0.05) is 29.7 Å². The van der Waals surface area contributed by atoms with Gasteiger partial charge in [0.1, 0.15) is 23.6 Å². The molecule has 0 unspecified atom stereocenters. The third-order valence-electron chi connectivity index (χ3n) is 5.65. The molecule has 6 heteroatoms. The van der Waals surface area contributed by atoms with E-state index in [1.165, 1.54) is 0 Å². The number of benzene rings is 2. The van der Waals surface area contributed by atoms with Crippen LogP contribution in [0.1, 0.15) is 55.6 Å². The molecule has 1 heterocycles.